The highest BCUT2D eigenvalue weighted by atomic mass is 32.2. The third-order valence-electron chi connectivity index (χ3n) is 4.71. The number of thioether (sulfide) groups is 1. The van der Waals surface area contributed by atoms with E-state index >= 15 is 0 Å². The van der Waals surface area contributed by atoms with Gasteiger partial charge in [0, 0.05) is 46.9 Å². The van der Waals surface area contributed by atoms with E-state index in [4.69, 9.17) is 4.74 Å². The molecule has 1 aliphatic rings. The number of morpholine rings is 1. The van der Waals surface area contributed by atoms with E-state index in [2.05, 4.69) is 15.2 Å². The molecule has 2 aromatic carbocycles. The van der Waals surface area contributed by atoms with Crippen LogP contribution < -0.4 is 10.2 Å². The summed E-state index contributed by atoms with van der Waals surface area (Å²) in [4.78, 5) is 19.7. The number of thiazole rings is 1. The summed E-state index contributed by atoms with van der Waals surface area (Å²) in [7, 11) is 0. The number of anilines is 2. The molecular weight excluding hydrogens is 402 g/mol. The number of amides is 1. The first-order valence-electron chi connectivity index (χ1n) is 9.56. The van der Waals surface area contributed by atoms with Crippen LogP contribution >= 0.6 is 23.1 Å². The first-order valence-corrected chi connectivity index (χ1v) is 11.4. The van der Waals surface area contributed by atoms with Crippen LogP contribution in [-0.2, 0) is 10.5 Å². The molecule has 0 unspecified atom stereocenters. The van der Waals surface area contributed by atoms with Gasteiger partial charge in [0.2, 0.25) is 0 Å². The van der Waals surface area contributed by atoms with Gasteiger partial charge in [0.1, 0.15) is 4.34 Å². The van der Waals surface area contributed by atoms with Crippen LogP contribution in [0.2, 0.25) is 0 Å². The Balaban J connectivity index is 1.41. The van der Waals surface area contributed by atoms with Crippen LogP contribution in [0.5, 0.6) is 0 Å². The first kappa shape index (κ1) is 19.9. The van der Waals surface area contributed by atoms with Crippen LogP contribution in [0.4, 0.5) is 11.4 Å². The second kappa shape index (κ2) is 9.43. The second-order valence-electron chi connectivity index (χ2n) is 6.80. The molecule has 0 spiro atoms. The number of aromatic nitrogens is 1. The Morgan fingerprint density at radius 3 is 2.66 bits per heavy atom. The number of carbonyl (C=O) groups is 1. The van der Waals surface area contributed by atoms with Gasteiger partial charge in [-0.15, -0.1) is 11.3 Å². The minimum absolute atomic E-state index is 0.0874. The topological polar surface area (TPSA) is 54.5 Å². The summed E-state index contributed by atoms with van der Waals surface area (Å²) in [6.07, 6.45) is 0. The molecule has 150 valence electrons. The molecular formula is C22H23N3O2S2. The number of hydrogen-bond acceptors (Lipinski definition) is 6. The molecule has 0 radical (unpaired) electrons. The summed E-state index contributed by atoms with van der Waals surface area (Å²) in [5.41, 5.74) is 4.69. The van der Waals surface area contributed by atoms with Crippen molar-refractivity contribution in [2.75, 3.05) is 36.5 Å². The quantitative estimate of drug-likeness (QED) is 0.573. The minimum atomic E-state index is -0.0874. The SMILES string of the molecule is Cc1csc(SCc2ccccc2C(=O)Nc2ccc(N3CCOCC3)cc2)n1. The zero-order valence-corrected chi connectivity index (χ0v) is 17.9. The van der Waals surface area contributed by atoms with Gasteiger partial charge in [-0.2, -0.15) is 0 Å². The fourth-order valence-corrected chi connectivity index (χ4v) is 5.03. The Morgan fingerprint density at radius 2 is 1.93 bits per heavy atom. The second-order valence-corrected chi connectivity index (χ2v) is 8.88. The average molecular weight is 426 g/mol. The normalized spacial score (nSPS) is 14.0. The molecule has 0 bridgehead atoms. The van der Waals surface area contributed by atoms with Crippen LogP contribution in [0.25, 0.3) is 0 Å². The van der Waals surface area contributed by atoms with Crippen LogP contribution in [0.15, 0.2) is 58.3 Å². The highest BCUT2D eigenvalue weighted by molar-refractivity contribution is 8.00. The molecule has 0 aliphatic carbocycles. The lowest BCUT2D eigenvalue weighted by Gasteiger charge is -2.28. The Hall–Kier alpha value is -2.35. The van der Waals surface area contributed by atoms with Crippen molar-refractivity contribution in [3.05, 3.63) is 70.7 Å². The highest BCUT2D eigenvalue weighted by Crippen LogP contribution is 2.28. The van der Waals surface area contributed by atoms with Gasteiger partial charge in [-0.1, -0.05) is 30.0 Å². The maximum Gasteiger partial charge on any atom is 0.255 e. The van der Waals surface area contributed by atoms with Gasteiger partial charge in [-0.3, -0.25) is 4.79 Å². The van der Waals surface area contributed by atoms with E-state index in [1.807, 2.05) is 60.8 Å². The lowest BCUT2D eigenvalue weighted by atomic mass is 10.1. The molecule has 4 rings (SSSR count). The van der Waals surface area contributed by atoms with E-state index in [0.29, 0.717) is 11.3 Å². The van der Waals surface area contributed by atoms with Crippen LogP contribution in [-0.4, -0.2) is 37.2 Å². The summed E-state index contributed by atoms with van der Waals surface area (Å²) in [5.74, 6) is 0.627. The number of nitrogens with one attached hydrogen (secondary N) is 1. The number of nitrogens with zero attached hydrogens (tertiary/aromatic N) is 2. The highest BCUT2D eigenvalue weighted by Gasteiger charge is 2.14. The first-order chi connectivity index (χ1) is 14.2. The van der Waals surface area contributed by atoms with Crippen molar-refractivity contribution in [2.45, 2.75) is 17.0 Å². The molecule has 1 N–H and O–H groups in total. The molecule has 29 heavy (non-hydrogen) atoms. The molecule has 1 amide bonds. The van der Waals surface area contributed by atoms with Gasteiger partial charge in [0.15, 0.2) is 0 Å². The lowest BCUT2D eigenvalue weighted by Crippen LogP contribution is -2.36. The van der Waals surface area contributed by atoms with Crippen molar-refractivity contribution in [2.24, 2.45) is 0 Å². The van der Waals surface area contributed by atoms with Gasteiger partial charge in [-0.25, -0.2) is 4.98 Å². The third-order valence-corrected chi connectivity index (χ3v) is 6.90. The smallest absolute Gasteiger partial charge is 0.255 e. The molecule has 2 heterocycles. The van der Waals surface area contributed by atoms with Gasteiger partial charge in [0.25, 0.3) is 5.91 Å². The van der Waals surface area contributed by atoms with Gasteiger partial charge in [0.05, 0.1) is 13.2 Å². The van der Waals surface area contributed by atoms with Crippen LogP contribution in [0.1, 0.15) is 21.6 Å². The standard InChI is InChI=1S/C22H23N3O2S2/c1-16-14-28-22(23-16)29-15-17-4-2-3-5-20(17)21(26)24-18-6-8-19(9-7-18)25-10-12-27-13-11-25/h2-9,14H,10-13,15H2,1H3,(H,24,26). The molecule has 7 heteroatoms. The van der Waals surface area contributed by atoms with E-state index < -0.39 is 0 Å². The molecule has 1 aliphatic heterocycles. The number of rotatable bonds is 6. The number of aryl methyl sites for hydroxylation is 1. The van der Waals surface area contributed by atoms with Gasteiger partial charge >= 0.3 is 0 Å². The van der Waals surface area contributed by atoms with E-state index in [1.54, 1.807) is 23.1 Å². The average Bonchev–Trinajstić information content (AvgIpc) is 3.19. The van der Waals surface area contributed by atoms with E-state index in [0.717, 1.165) is 53.3 Å². The Bertz CT molecular complexity index is 966. The van der Waals surface area contributed by atoms with E-state index in [-0.39, 0.29) is 5.91 Å². The monoisotopic (exact) mass is 425 g/mol. The Labute approximate surface area is 179 Å². The molecule has 0 saturated carbocycles. The fourth-order valence-electron chi connectivity index (χ4n) is 3.18. The zero-order valence-electron chi connectivity index (χ0n) is 16.3. The molecule has 5 nitrogen and oxygen atoms in total. The molecule has 1 fully saturated rings. The molecule has 1 saturated heterocycles. The maximum absolute atomic E-state index is 12.9. The van der Waals surface area contributed by atoms with Crippen molar-refractivity contribution >= 4 is 40.4 Å². The predicted octanol–water partition coefficient (Wildman–Crippen LogP) is 4.83. The van der Waals surface area contributed by atoms with Crippen molar-refractivity contribution in [3.8, 4) is 0 Å². The molecule has 3 aromatic rings. The number of hydrogen-bond donors (Lipinski definition) is 1. The van der Waals surface area contributed by atoms with Crippen molar-refractivity contribution in [1.29, 1.82) is 0 Å². The maximum atomic E-state index is 12.9. The minimum Gasteiger partial charge on any atom is -0.378 e. The predicted molar refractivity (Wildman–Crippen MR) is 120 cm³/mol. The number of benzene rings is 2. The fraction of sp³-hybridized carbons (Fsp3) is 0.273. The Morgan fingerprint density at radius 1 is 1.17 bits per heavy atom. The van der Waals surface area contributed by atoms with Crippen LogP contribution in [0.3, 0.4) is 0 Å². The van der Waals surface area contributed by atoms with E-state index in [1.165, 1.54) is 0 Å². The van der Waals surface area contributed by atoms with Crippen molar-refractivity contribution in [1.82, 2.24) is 4.98 Å². The van der Waals surface area contributed by atoms with Crippen LogP contribution in [0, 0.1) is 6.92 Å². The summed E-state index contributed by atoms with van der Waals surface area (Å²) >= 11 is 3.30. The zero-order chi connectivity index (χ0) is 20.1. The number of ether oxygens (including phenoxy) is 1. The van der Waals surface area contributed by atoms with Crippen molar-refractivity contribution < 1.29 is 9.53 Å². The number of carbonyl (C=O) groups excluding carboxylic acids is 1. The summed E-state index contributed by atoms with van der Waals surface area (Å²) in [5, 5.41) is 5.07. The summed E-state index contributed by atoms with van der Waals surface area (Å²) in [6.45, 7) is 5.30. The van der Waals surface area contributed by atoms with Crippen molar-refractivity contribution in [3.63, 3.8) is 0 Å². The van der Waals surface area contributed by atoms with E-state index in [9.17, 15) is 4.79 Å². The third kappa shape index (κ3) is 5.18. The largest absolute Gasteiger partial charge is 0.378 e. The molecule has 0 atom stereocenters. The summed E-state index contributed by atoms with van der Waals surface area (Å²) < 4.78 is 6.43. The summed E-state index contributed by atoms with van der Waals surface area (Å²) in [6, 6.07) is 15.8. The molecule has 1 aromatic heterocycles. The van der Waals surface area contributed by atoms with Gasteiger partial charge < -0.3 is 15.0 Å². The van der Waals surface area contributed by atoms with Gasteiger partial charge in [-0.05, 0) is 42.8 Å². The lowest BCUT2D eigenvalue weighted by molar-refractivity contribution is 0.102. The Kier molecular flexibility index (Phi) is 6.49.